The third kappa shape index (κ3) is 6.62. The molecule has 7 atom stereocenters. The van der Waals surface area contributed by atoms with Crippen molar-refractivity contribution in [3.05, 3.63) is 28.3 Å². The van der Waals surface area contributed by atoms with Crippen LogP contribution >= 0.6 is 11.3 Å². The predicted octanol–water partition coefficient (Wildman–Crippen LogP) is 3.53. The van der Waals surface area contributed by atoms with Gasteiger partial charge in [0.05, 0.1) is 36.8 Å². The quantitative estimate of drug-likeness (QED) is 0.314. The number of rotatable bonds is 3. The van der Waals surface area contributed by atoms with Gasteiger partial charge in [-0.2, -0.15) is 0 Å². The number of carbonyl (C=O) groups is 2. The van der Waals surface area contributed by atoms with Crippen LogP contribution in [0.3, 0.4) is 0 Å². The van der Waals surface area contributed by atoms with E-state index in [1.807, 2.05) is 32.2 Å². The normalized spacial score (nSPS) is 35.9. The molecule has 2 aliphatic rings. The van der Waals surface area contributed by atoms with Crippen LogP contribution in [0.2, 0.25) is 0 Å². The fraction of sp³-hybridized carbons (Fsp3) is 0.667. The summed E-state index contributed by atoms with van der Waals surface area (Å²) in [4.78, 5) is 30.6. The van der Waals surface area contributed by atoms with Crippen LogP contribution in [0.5, 0.6) is 5.19 Å². The number of aliphatic hydroxyl groups excluding tert-OH is 2. The Labute approximate surface area is 217 Å². The molecule has 0 bridgehead atoms. The topological polar surface area (TPSA) is 128 Å². The van der Waals surface area contributed by atoms with E-state index in [1.54, 1.807) is 27.9 Å². The number of Topliss-reactive ketones (excluding diaryl/α,β-unsaturated/α-hetero) is 1. The van der Waals surface area contributed by atoms with Crippen molar-refractivity contribution in [3.8, 4) is 5.19 Å². The average molecular weight is 521 g/mol. The van der Waals surface area contributed by atoms with Crippen LogP contribution in [0.25, 0.3) is 6.08 Å². The Bertz CT molecular complexity index is 1020. The number of thiazole rings is 1. The Morgan fingerprint density at radius 2 is 1.97 bits per heavy atom. The molecule has 3 rings (SSSR count). The van der Waals surface area contributed by atoms with Crippen molar-refractivity contribution in [1.82, 2.24) is 10.3 Å². The molecule has 0 radical (unpaired) electrons. The van der Waals surface area contributed by atoms with Gasteiger partial charge in [-0.15, -0.1) is 0 Å². The van der Waals surface area contributed by atoms with Gasteiger partial charge in [0.15, 0.2) is 0 Å². The number of aromatic nitrogens is 1. The molecule has 200 valence electrons. The zero-order chi connectivity index (χ0) is 26.8. The zero-order valence-corrected chi connectivity index (χ0v) is 23.1. The molecule has 8 nitrogen and oxygen atoms in total. The summed E-state index contributed by atoms with van der Waals surface area (Å²) in [6.45, 7) is 10.8. The standard InChI is InChI=1S/C27H40N2O6S/c1-14-8-9-20(15(2)11-18-13-36-26(28-18)34-7)35-22(31)12-21(30)27(5,6)25(33)17(4)24(32)16(3)23-19(10-14)29-23/h8,11,13,16-17,19-21,23-24,29-30,32H,9-10,12H2,1-7H3/b14-8-,15-11+/t16-,17+,19?,20-,21-,23?,24-/m0/s1. The highest BCUT2D eigenvalue weighted by Gasteiger charge is 2.47. The van der Waals surface area contributed by atoms with Crippen molar-refractivity contribution in [3.63, 3.8) is 0 Å². The second-order valence-corrected chi connectivity index (χ2v) is 11.7. The Morgan fingerprint density at radius 3 is 2.61 bits per heavy atom. The summed E-state index contributed by atoms with van der Waals surface area (Å²) in [6, 6.07) is 0.342. The van der Waals surface area contributed by atoms with Crippen molar-refractivity contribution in [1.29, 1.82) is 0 Å². The van der Waals surface area contributed by atoms with Gasteiger partial charge in [0, 0.05) is 29.8 Å². The van der Waals surface area contributed by atoms with Crippen LogP contribution < -0.4 is 10.1 Å². The van der Waals surface area contributed by atoms with Crippen molar-refractivity contribution >= 4 is 29.2 Å². The molecule has 9 heteroatoms. The molecule has 1 fully saturated rings. The molecule has 3 N–H and O–H groups in total. The van der Waals surface area contributed by atoms with Crippen LogP contribution in [0.1, 0.15) is 66.5 Å². The van der Waals surface area contributed by atoms with Crippen LogP contribution in [-0.2, 0) is 14.3 Å². The van der Waals surface area contributed by atoms with Gasteiger partial charge in [0.1, 0.15) is 11.9 Å². The van der Waals surface area contributed by atoms with Crippen molar-refractivity contribution in [2.24, 2.45) is 17.3 Å². The van der Waals surface area contributed by atoms with Gasteiger partial charge in [-0.1, -0.05) is 50.7 Å². The SMILES string of the molecule is COc1nc(/C=C(\C)[C@@H]2C/C=C(/C)CC3NC3[C@H](C)[C@H](O)[C@@H](C)C(=O)C(C)(C)[C@@H](O)CC(=O)O2)cs1. The van der Waals surface area contributed by atoms with Crippen LogP contribution in [0, 0.1) is 17.3 Å². The summed E-state index contributed by atoms with van der Waals surface area (Å²) in [5.41, 5.74) is 1.47. The maximum Gasteiger partial charge on any atom is 0.309 e. The van der Waals surface area contributed by atoms with Gasteiger partial charge in [0.2, 0.25) is 0 Å². The summed E-state index contributed by atoms with van der Waals surface area (Å²) in [6.07, 6.45) is 2.28. The minimum Gasteiger partial charge on any atom is -0.473 e. The number of carbonyl (C=O) groups excluding carboxylic acids is 2. The first-order valence-corrected chi connectivity index (χ1v) is 13.4. The molecule has 0 aliphatic carbocycles. The summed E-state index contributed by atoms with van der Waals surface area (Å²) in [5.74, 6) is -1.66. The number of hydrogen-bond donors (Lipinski definition) is 3. The van der Waals surface area contributed by atoms with Crippen molar-refractivity contribution in [2.75, 3.05) is 7.11 Å². The first-order chi connectivity index (χ1) is 16.8. The summed E-state index contributed by atoms with van der Waals surface area (Å²) in [7, 11) is 1.56. The number of ketones is 1. The van der Waals surface area contributed by atoms with Gasteiger partial charge in [-0.3, -0.25) is 9.59 Å². The van der Waals surface area contributed by atoms with Crippen molar-refractivity contribution in [2.45, 2.75) is 91.2 Å². The summed E-state index contributed by atoms with van der Waals surface area (Å²) >= 11 is 1.38. The Hall–Kier alpha value is -2.07. The molecule has 36 heavy (non-hydrogen) atoms. The molecule has 2 unspecified atom stereocenters. The van der Waals surface area contributed by atoms with Gasteiger partial charge in [-0.05, 0) is 37.8 Å². The largest absolute Gasteiger partial charge is 0.473 e. The summed E-state index contributed by atoms with van der Waals surface area (Å²) < 4.78 is 11.0. The fourth-order valence-electron chi connectivity index (χ4n) is 4.91. The Kier molecular flexibility index (Phi) is 9.14. The number of nitrogens with zero attached hydrogens (tertiary/aromatic N) is 1. The van der Waals surface area contributed by atoms with Crippen LogP contribution in [0.4, 0.5) is 0 Å². The van der Waals surface area contributed by atoms with E-state index in [9.17, 15) is 19.8 Å². The van der Waals surface area contributed by atoms with Gasteiger partial charge < -0.3 is 25.0 Å². The maximum atomic E-state index is 13.3. The molecular weight excluding hydrogens is 480 g/mol. The smallest absolute Gasteiger partial charge is 0.309 e. The summed E-state index contributed by atoms with van der Waals surface area (Å²) in [5, 5.41) is 27.7. The van der Waals surface area contributed by atoms with E-state index in [0.29, 0.717) is 11.6 Å². The number of esters is 1. The second-order valence-electron chi connectivity index (χ2n) is 10.8. The molecule has 0 spiro atoms. The van der Waals surface area contributed by atoms with Crippen LogP contribution in [-0.4, -0.2) is 64.5 Å². The minimum atomic E-state index is -1.24. The third-order valence-corrected chi connectivity index (χ3v) is 8.46. The molecule has 1 aromatic heterocycles. The molecular formula is C27H40N2O6S. The highest BCUT2D eigenvalue weighted by Crippen LogP contribution is 2.35. The fourth-order valence-corrected chi connectivity index (χ4v) is 5.51. The average Bonchev–Trinajstić information content (AvgIpc) is 3.44. The van der Waals surface area contributed by atoms with E-state index in [-0.39, 0.29) is 30.2 Å². The van der Waals surface area contributed by atoms with E-state index in [1.165, 1.54) is 11.3 Å². The zero-order valence-electron chi connectivity index (χ0n) is 22.3. The highest BCUT2D eigenvalue weighted by atomic mass is 32.1. The number of hydrogen-bond acceptors (Lipinski definition) is 9. The van der Waals surface area contributed by atoms with E-state index in [4.69, 9.17) is 9.47 Å². The van der Waals surface area contributed by atoms with Gasteiger partial charge in [0.25, 0.3) is 5.19 Å². The molecule has 0 amide bonds. The van der Waals surface area contributed by atoms with Gasteiger partial charge >= 0.3 is 5.97 Å². The van der Waals surface area contributed by atoms with Gasteiger partial charge in [-0.25, -0.2) is 4.98 Å². The lowest BCUT2D eigenvalue weighted by atomic mass is 9.73. The number of nitrogens with one attached hydrogen (secondary N) is 1. The van der Waals surface area contributed by atoms with Crippen LogP contribution in [0.15, 0.2) is 22.6 Å². The lowest BCUT2D eigenvalue weighted by Crippen LogP contribution is -2.46. The number of methoxy groups -OCH3 is 1. The monoisotopic (exact) mass is 520 g/mol. The van der Waals surface area contributed by atoms with E-state index in [2.05, 4.69) is 16.4 Å². The van der Waals surface area contributed by atoms with E-state index < -0.39 is 35.6 Å². The second kappa shape index (κ2) is 11.5. The molecule has 2 aliphatic heterocycles. The molecule has 1 saturated heterocycles. The molecule has 3 heterocycles. The maximum absolute atomic E-state index is 13.3. The molecule has 1 aromatic rings. The lowest BCUT2D eigenvalue weighted by molar-refractivity contribution is -0.154. The number of cyclic esters (lactones) is 1. The van der Waals surface area contributed by atoms with E-state index in [0.717, 1.165) is 23.3 Å². The Morgan fingerprint density at radius 1 is 1.28 bits per heavy atom. The van der Waals surface area contributed by atoms with Crippen molar-refractivity contribution < 1.29 is 29.3 Å². The number of fused-ring (bicyclic) bond motifs is 1. The Balaban J connectivity index is 1.88. The lowest BCUT2D eigenvalue weighted by Gasteiger charge is -2.34. The highest BCUT2D eigenvalue weighted by molar-refractivity contribution is 7.11. The number of aliphatic hydroxyl groups is 2. The van der Waals surface area contributed by atoms with E-state index >= 15 is 0 Å². The predicted molar refractivity (Wildman–Crippen MR) is 140 cm³/mol. The molecule has 0 aromatic carbocycles. The first-order valence-electron chi connectivity index (χ1n) is 12.5. The first kappa shape index (κ1) is 28.5. The minimum absolute atomic E-state index is 0.120. The molecule has 0 saturated carbocycles. The third-order valence-electron chi connectivity index (χ3n) is 7.64. The number of ether oxygens (including phenoxy) is 2.